The van der Waals surface area contributed by atoms with Crippen LogP contribution < -0.4 is 5.32 Å². The highest BCUT2D eigenvalue weighted by atomic mass is 32.2. The van der Waals surface area contributed by atoms with E-state index >= 15 is 0 Å². The molecule has 3 aromatic rings. The molecule has 31 heavy (non-hydrogen) atoms. The number of piperidine rings is 1. The number of aromatic nitrogens is 1. The number of amides is 1. The molecule has 7 nitrogen and oxygen atoms in total. The second kappa shape index (κ2) is 8.43. The van der Waals surface area contributed by atoms with E-state index in [1.54, 1.807) is 13.8 Å². The predicted molar refractivity (Wildman–Crippen MR) is 118 cm³/mol. The molecule has 0 saturated carbocycles. The molecule has 1 aromatic heterocycles. The molecular formula is C23H27N3O4S. The lowest BCUT2D eigenvalue weighted by Gasteiger charge is -2.31. The summed E-state index contributed by atoms with van der Waals surface area (Å²) in [4.78, 5) is 13.2. The minimum absolute atomic E-state index is 0.109. The van der Waals surface area contributed by atoms with Gasteiger partial charge in [0.1, 0.15) is 10.6 Å². The molecule has 2 aromatic carbocycles. The first kappa shape index (κ1) is 21.5. The molecule has 4 rings (SSSR count). The van der Waals surface area contributed by atoms with Crippen molar-refractivity contribution in [1.82, 2.24) is 14.8 Å². The lowest BCUT2D eigenvalue weighted by atomic mass is 9.96. The molecule has 0 aliphatic carbocycles. The van der Waals surface area contributed by atoms with Crippen molar-refractivity contribution in [2.24, 2.45) is 5.92 Å². The van der Waals surface area contributed by atoms with E-state index in [1.807, 2.05) is 49.4 Å². The average Bonchev–Trinajstić information content (AvgIpc) is 3.12. The molecule has 1 aliphatic rings. The predicted octanol–water partition coefficient (Wildman–Crippen LogP) is 3.72. The third-order valence-corrected chi connectivity index (χ3v) is 8.08. The molecule has 2 atom stereocenters. The van der Waals surface area contributed by atoms with Crippen molar-refractivity contribution in [3.05, 3.63) is 59.5 Å². The van der Waals surface area contributed by atoms with Gasteiger partial charge in [-0.3, -0.25) is 4.79 Å². The van der Waals surface area contributed by atoms with Gasteiger partial charge in [0.05, 0.1) is 12.0 Å². The van der Waals surface area contributed by atoms with Gasteiger partial charge in [-0.05, 0) is 49.9 Å². The summed E-state index contributed by atoms with van der Waals surface area (Å²) in [5, 5.41) is 9.09. The number of benzene rings is 2. The van der Waals surface area contributed by atoms with Crippen LogP contribution in [0.3, 0.4) is 0 Å². The Labute approximate surface area is 182 Å². The van der Waals surface area contributed by atoms with Crippen molar-refractivity contribution in [1.29, 1.82) is 0 Å². The van der Waals surface area contributed by atoms with E-state index in [-0.39, 0.29) is 29.1 Å². The molecule has 1 fully saturated rings. The van der Waals surface area contributed by atoms with E-state index in [0.29, 0.717) is 25.1 Å². The maximum Gasteiger partial charge on any atom is 0.248 e. The monoisotopic (exact) mass is 441 g/mol. The van der Waals surface area contributed by atoms with Gasteiger partial charge in [0, 0.05) is 13.1 Å². The number of aryl methyl sites for hydroxylation is 2. The highest BCUT2D eigenvalue weighted by Gasteiger charge is 2.36. The molecule has 1 N–H and O–H groups in total. The highest BCUT2D eigenvalue weighted by molar-refractivity contribution is 7.89. The van der Waals surface area contributed by atoms with Crippen molar-refractivity contribution < 1.29 is 17.7 Å². The van der Waals surface area contributed by atoms with Gasteiger partial charge in [-0.2, -0.15) is 4.31 Å². The number of carbonyl (C=O) groups is 1. The van der Waals surface area contributed by atoms with Gasteiger partial charge in [0.15, 0.2) is 5.76 Å². The summed E-state index contributed by atoms with van der Waals surface area (Å²) in [6.45, 7) is 5.70. The van der Waals surface area contributed by atoms with E-state index in [0.717, 1.165) is 16.3 Å². The van der Waals surface area contributed by atoms with Gasteiger partial charge in [-0.25, -0.2) is 8.42 Å². The quantitative estimate of drug-likeness (QED) is 0.651. The summed E-state index contributed by atoms with van der Waals surface area (Å²) < 4.78 is 32.7. The van der Waals surface area contributed by atoms with Crippen LogP contribution in [0.4, 0.5) is 0 Å². The Balaban J connectivity index is 1.50. The number of rotatable bonds is 5. The van der Waals surface area contributed by atoms with E-state index in [4.69, 9.17) is 4.52 Å². The van der Waals surface area contributed by atoms with Crippen LogP contribution in [0.25, 0.3) is 10.8 Å². The summed E-state index contributed by atoms with van der Waals surface area (Å²) in [5.41, 5.74) is 1.39. The number of hydrogen-bond acceptors (Lipinski definition) is 5. The molecule has 0 unspecified atom stereocenters. The Morgan fingerprint density at radius 2 is 1.94 bits per heavy atom. The molecular weight excluding hydrogens is 414 g/mol. The molecule has 0 bridgehead atoms. The van der Waals surface area contributed by atoms with Gasteiger partial charge >= 0.3 is 0 Å². The third kappa shape index (κ3) is 4.09. The normalized spacial score (nSPS) is 18.7. The lowest BCUT2D eigenvalue weighted by Crippen LogP contribution is -2.46. The number of hydrogen-bond donors (Lipinski definition) is 1. The molecule has 1 amide bonds. The zero-order chi connectivity index (χ0) is 22.2. The number of nitrogens with one attached hydrogen (secondary N) is 1. The van der Waals surface area contributed by atoms with Crippen molar-refractivity contribution >= 4 is 26.7 Å². The van der Waals surface area contributed by atoms with Crippen LogP contribution in [0.1, 0.15) is 42.8 Å². The van der Waals surface area contributed by atoms with Gasteiger partial charge in [0.2, 0.25) is 15.9 Å². The Morgan fingerprint density at radius 3 is 2.68 bits per heavy atom. The number of fused-ring (bicyclic) bond motifs is 1. The van der Waals surface area contributed by atoms with Crippen molar-refractivity contribution in [3.63, 3.8) is 0 Å². The van der Waals surface area contributed by atoms with Crippen LogP contribution in [-0.4, -0.2) is 36.9 Å². The molecule has 164 valence electrons. The zero-order valence-corrected chi connectivity index (χ0v) is 18.8. The second-order valence-corrected chi connectivity index (χ2v) is 10.0. The van der Waals surface area contributed by atoms with Crippen LogP contribution in [0.15, 0.2) is 51.9 Å². The Kier molecular flexibility index (Phi) is 5.85. The summed E-state index contributed by atoms with van der Waals surface area (Å²) in [6.07, 6.45) is 1.28. The molecule has 1 aliphatic heterocycles. The minimum atomic E-state index is -3.76. The van der Waals surface area contributed by atoms with Crippen LogP contribution in [0.5, 0.6) is 0 Å². The number of carbonyl (C=O) groups excluding carboxylic acids is 1. The van der Waals surface area contributed by atoms with E-state index in [9.17, 15) is 13.2 Å². The van der Waals surface area contributed by atoms with E-state index in [2.05, 4.69) is 10.5 Å². The maximum atomic E-state index is 13.1. The van der Waals surface area contributed by atoms with Crippen LogP contribution >= 0.6 is 0 Å². The molecule has 8 heteroatoms. The van der Waals surface area contributed by atoms with E-state index < -0.39 is 15.9 Å². The third-order valence-electron chi connectivity index (χ3n) is 5.97. The van der Waals surface area contributed by atoms with Gasteiger partial charge in [-0.15, -0.1) is 0 Å². The highest BCUT2D eigenvalue weighted by Crippen LogP contribution is 2.29. The number of nitrogens with zero attached hydrogens (tertiary/aromatic N) is 2. The van der Waals surface area contributed by atoms with E-state index in [1.165, 1.54) is 4.31 Å². The van der Waals surface area contributed by atoms with Crippen LogP contribution in [0, 0.1) is 19.8 Å². The van der Waals surface area contributed by atoms with Crippen molar-refractivity contribution in [2.75, 3.05) is 13.1 Å². The fourth-order valence-electron chi connectivity index (χ4n) is 4.38. The second-order valence-electron chi connectivity index (χ2n) is 8.15. The summed E-state index contributed by atoms with van der Waals surface area (Å²) in [7, 11) is -3.76. The van der Waals surface area contributed by atoms with Gasteiger partial charge in [0.25, 0.3) is 0 Å². The molecule has 0 radical (unpaired) electrons. The summed E-state index contributed by atoms with van der Waals surface area (Å²) in [6, 6.07) is 13.9. The summed E-state index contributed by atoms with van der Waals surface area (Å²) in [5.74, 6) is -0.255. The Hall–Kier alpha value is -2.71. The van der Waals surface area contributed by atoms with Crippen LogP contribution in [0.2, 0.25) is 0 Å². The molecule has 2 heterocycles. The first-order valence-corrected chi connectivity index (χ1v) is 11.9. The zero-order valence-electron chi connectivity index (χ0n) is 18.0. The molecule has 0 spiro atoms. The summed E-state index contributed by atoms with van der Waals surface area (Å²) >= 11 is 0. The smallest absolute Gasteiger partial charge is 0.248 e. The maximum absolute atomic E-state index is 13.1. The SMILES string of the molecule is Cc1noc(C)c1S(=O)(=O)N1CCC[C@H](C(=O)N[C@H](C)c2cccc3ccccc23)C1. The fraction of sp³-hybridized carbons (Fsp3) is 0.391. The molecule has 1 saturated heterocycles. The first-order valence-electron chi connectivity index (χ1n) is 10.5. The van der Waals surface area contributed by atoms with Gasteiger partial charge in [-0.1, -0.05) is 47.6 Å². The van der Waals surface area contributed by atoms with Crippen LogP contribution in [-0.2, 0) is 14.8 Å². The van der Waals surface area contributed by atoms with Gasteiger partial charge < -0.3 is 9.84 Å². The Bertz CT molecular complexity index is 1190. The minimum Gasteiger partial charge on any atom is -0.360 e. The lowest BCUT2D eigenvalue weighted by molar-refractivity contribution is -0.126. The fourth-order valence-corrected chi connectivity index (χ4v) is 6.20. The number of sulfonamides is 1. The average molecular weight is 442 g/mol. The largest absolute Gasteiger partial charge is 0.360 e. The van der Waals surface area contributed by atoms with Crippen molar-refractivity contribution in [2.45, 2.75) is 44.6 Å². The Morgan fingerprint density at radius 1 is 1.19 bits per heavy atom. The van der Waals surface area contributed by atoms with Crippen molar-refractivity contribution in [3.8, 4) is 0 Å². The standard InChI is InChI=1S/C23H27N3O4S/c1-15(20-12-6-9-18-8-4-5-11-21(18)20)24-23(27)19-10-7-13-26(14-19)31(28,29)22-16(2)25-30-17(22)3/h4-6,8-9,11-12,15,19H,7,10,13-14H2,1-3H3,(H,24,27)/t15-,19+/m1/s1. The first-order chi connectivity index (χ1) is 14.8. The topological polar surface area (TPSA) is 92.5 Å².